The average Bonchev–Trinajstić information content (AvgIpc) is 2.90. The van der Waals surface area contributed by atoms with Crippen LogP contribution in [0, 0.1) is 24.2 Å². The molecular weight excluding hydrogens is 290 g/mol. The molecule has 3 rings (SSSR count). The fraction of sp³-hybridized carbons (Fsp3) is 0.444. The second kappa shape index (κ2) is 6.33. The van der Waals surface area contributed by atoms with E-state index in [1.807, 2.05) is 19.1 Å². The van der Waals surface area contributed by atoms with Crippen molar-refractivity contribution < 1.29 is 9.53 Å². The van der Waals surface area contributed by atoms with Crippen molar-refractivity contribution in [3.63, 3.8) is 0 Å². The lowest BCUT2D eigenvalue weighted by Gasteiger charge is -2.28. The molecule has 0 aliphatic heterocycles. The lowest BCUT2D eigenvalue weighted by Crippen LogP contribution is -2.42. The monoisotopic (exact) mass is 311 g/mol. The summed E-state index contributed by atoms with van der Waals surface area (Å²) in [6.45, 7) is 4.09. The van der Waals surface area contributed by atoms with Crippen LogP contribution in [0.3, 0.4) is 0 Å². The van der Waals surface area contributed by atoms with Gasteiger partial charge in [0.15, 0.2) is 0 Å². The van der Waals surface area contributed by atoms with E-state index < -0.39 is 6.09 Å². The topological polar surface area (TPSA) is 77.9 Å². The maximum absolute atomic E-state index is 12.1. The minimum absolute atomic E-state index is 0.178. The van der Waals surface area contributed by atoms with E-state index in [2.05, 4.69) is 23.3 Å². The van der Waals surface area contributed by atoms with Crippen molar-refractivity contribution in [1.29, 1.82) is 5.26 Å². The average molecular weight is 311 g/mol. The van der Waals surface area contributed by atoms with Gasteiger partial charge in [-0.15, -0.1) is 0 Å². The molecule has 2 atom stereocenters. The van der Waals surface area contributed by atoms with Gasteiger partial charge in [-0.05, 0) is 43.4 Å². The van der Waals surface area contributed by atoms with Gasteiger partial charge in [-0.2, -0.15) is 5.26 Å². The third-order valence-corrected chi connectivity index (χ3v) is 4.60. The number of aryl methyl sites for hydroxylation is 1. The number of rotatable bonds is 2. The molecule has 0 spiro atoms. The number of aromatic amines is 1. The molecular formula is C18H21N3O2. The molecule has 2 aromatic rings. The first-order valence-corrected chi connectivity index (χ1v) is 8.08. The lowest BCUT2D eigenvalue weighted by molar-refractivity contribution is 0.182. The molecule has 1 aromatic carbocycles. The van der Waals surface area contributed by atoms with Crippen LogP contribution in [0.4, 0.5) is 4.79 Å². The van der Waals surface area contributed by atoms with Gasteiger partial charge in [0, 0.05) is 23.0 Å². The van der Waals surface area contributed by atoms with Crippen molar-refractivity contribution in [2.24, 2.45) is 5.92 Å². The van der Waals surface area contributed by atoms with Gasteiger partial charge in [0.2, 0.25) is 5.88 Å². The number of nitrogens with zero attached hydrogens (tertiary/aromatic N) is 1. The number of hydrogen-bond acceptors (Lipinski definition) is 3. The highest BCUT2D eigenvalue weighted by Crippen LogP contribution is 2.26. The molecule has 0 saturated heterocycles. The van der Waals surface area contributed by atoms with Gasteiger partial charge in [-0.1, -0.05) is 19.8 Å². The second-order valence-electron chi connectivity index (χ2n) is 6.42. The Bertz CT molecular complexity index is 772. The van der Waals surface area contributed by atoms with E-state index in [0.29, 0.717) is 17.4 Å². The first-order valence-electron chi connectivity index (χ1n) is 8.08. The predicted octanol–water partition coefficient (Wildman–Crippen LogP) is 4.02. The predicted molar refractivity (Wildman–Crippen MR) is 88.3 cm³/mol. The molecule has 1 aromatic heterocycles. The Labute approximate surface area is 135 Å². The van der Waals surface area contributed by atoms with Gasteiger partial charge in [-0.3, -0.25) is 0 Å². The Morgan fingerprint density at radius 2 is 2.13 bits per heavy atom. The van der Waals surface area contributed by atoms with E-state index >= 15 is 0 Å². The molecule has 1 fully saturated rings. The number of H-pyrrole nitrogens is 1. The second-order valence-corrected chi connectivity index (χ2v) is 6.42. The van der Waals surface area contributed by atoms with Crippen LogP contribution in [0.1, 0.15) is 43.7 Å². The maximum atomic E-state index is 12.1. The zero-order valence-electron chi connectivity index (χ0n) is 13.5. The highest BCUT2D eigenvalue weighted by atomic mass is 16.6. The summed E-state index contributed by atoms with van der Waals surface area (Å²) in [5.41, 5.74) is 2.37. The summed E-state index contributed by atoms with van der Waals surface area (Å²) >= 11 is 0. The van der Waals surface area contributed by atoms with Crippen LogP contribution < -0.4 is 10.1 Å². The molecule has 120 valence electrons. The van der Waals surface area contributed by atoms with Gasteiger partial charge in [0.1, 0.15) is 0 Å². The lowest BCUT2D eigenvalue weighted by atomic mass is 9.86. The molecule has 2 N–H and O–H groups in total. The fourth-order valence-corrected chi connectivity index (χ4v) is 3.32. The molecule has 23 heavy (non-hydrogen) atoms. The summed E-state index contributed by atoms with van der Waals surface area (Å²) in [6, 6.07) is 7.81. The Morgan fingerprint density at radius 3 is 2.87 bits per heavy atom. The highest BCUT2D eigenvalue weighted by Gasteiger charge is 2.23. The maximum Gasteiger partial charge on any atom is 0.414 e. The van der Waals surface area contributed by atoms with Crippen molar-refractivity contribution in [2.75, 3.05) is 0 Å². The minimum atomic E-state index is -0.439. The van der Waals surface area contributed by atoms with Gasteiger partial charge in [0.25, 0.3) is 0 Å². The zero-order chi connectivity index (χ0) is 16.4. The van der Waals surface area contributed by atoms with Crippen LogP contribution >= 0.6 is 0 Å². The Hall–Kier alpha value is -2.48. The van der Waals surface area contributed by atoms with Crippen LogP contribution in [0.5, 0.6) is 5.88 Å². The van der Waals surface area contributed by atoms with E-state index in [1.165, 1.54) is 6.42 Å². The first kappa shape index (κ1) is 15.4. The summed E-state index contributed by atoms with van der Waals surface area (Å²) < 4.78 is 5.37. The number of benzene rings is 1. The summed E-state index contributed by atoms with van der Waals surface area (Å²) in [5, 5.41) is 12.9. The van der Waals surface area contributed by atoms with Crippen LogP contribution in [-0.2, 0) is 0 Å². The Kier molecular flexibility index (Phi) is 4.24. The molecule has 1 aliphatic carbocycles. The normalized spacial score (nSPS) is 20.9. The standard InChI is InChI=1S/C18H21N3O2/c1-11-7-13(10-19)14-9-17(20-16(14)8-11)23-18(22)21-15-6-4-3-5-12(15)2/h7-9,12,15,20H,3-6H2,1-2H3,(H,21,22)/t12-,15+/m0/s1. The molecule has 1 amide bonds. The van der Waals surface area contributed by atoms with Gasteiger partial charge >= 0.3 is 6.09 Å². The molecule has 0 unspecified atom stereocenters. The molecule has 5 nitrogen and oxygen atoms in total. The molecule has 0 bridgehead atoms. The molecule has 0 radical (unpaired) electrons. The van der Waals surface area contributed by atoms with E-state index in [-0.39, 0.29) is 6.04 Å². The molecule has 1 heterocycles. The SMILES string of the molecule is Cc1cc(C#N)c2cc(OC(=O)N[C@@H]3CCCC[C@@H]3C)[nH]c2c1. The van der Waals surface area contributed by atoms with E-state index in [0.717, 1.165) is 35.7 Å². The zero-order valence-corrected chi connectivity index (χ0v) is 13.5. The number of carbonyl (C=O) groups is 1. The molecule has 1 saturated carbocycles. The van der Waals surface area contributed by atoms with Crippen molar-refractivity contribution in [2.45, 2.75) is 45.6 Å². The summed E-state index contributed by atoms with van der Waals surface area (Å²) in [6.07, 6.45) is 4.08. The van der Waals surface area contributed by atoms with Crippen molar-refractivity contribution in [1.82, 2.24) is 10.3 Å². The van der Waals surface area contributed by atoms with E-state index in [4.69, 9.17) is 4.74 Å². The van der Waals surface area contributed by atoms with Crippen molar-refractivity contribution in [3.05, 3.63) is 29.3 Å². The van der Waals surface area contributed by atoms with Gasteiger partial charge in [-0.25, -0.2) is 4.79 Å². The number of nitrogens with one attached hydrogen (secondary N) is 2. The fourth-order valence-electron chi connectivity index (χ4n) is 3.32. The number of nitriles is 1. The van der Waals surface area contributed by atoms with Crippen LogP contribution in [0.2, 0.25) is 0 Å². The molecule has 1 aliphatic rings. The van der Waals surface area contributed by atoms with Crippen molar-refractivity contribution >= 4 is 17.0 Å². The number of carbonyl (C=O) groups excluding carboxylic acids is 1. The van der Waals surface area contributed by atoms with E-state index in [1.54, 1.807) is 6.07 Å². The number of aromatic nitrogens is 1. The van der Waals surface area contributed by atoms with Crippen LogP contribution in [-0.4, -0.2) is 17.1 Å². The number of amides is 1. The third kappa shape index (κ3) is 3.31. The van der Waals surface area contributed by atoms with Crippen LogP contribution in [0.15, 0.2) is 18.2 Å². The largest absolute Gasteiger partial charge is 0.414 e. The van der Waals surface area contributed by atoms with Gasteiger partial charge < -0.3 is 15.0 Å². The highest BCUT2D eigenvalue weighted by molar-refractivity contribution is 5.88. The third-order valence-electron chi connectivity index (χ3n) is 4.60. The van der Waals surface area contributed by atoms with Crippen molar-refractivity contribution in [3.8, 4) is 11.9 Å². The van der Waals surface area contributed by atoms with Gasteiger partial charge in [0.05, 0.1) is 11.6 Å². The number of fused-ring (bicyclic) bond motifs is 1. The summed E-state index contributed by atoms with van der Waals surface area (Å²) in [5.74, 6) is 0.843. The minimum Gasteiger partial charge on any atom is -0.393 e. The first-order chi connectivity index (χ1) is 11.1. The Balaban J connectivity index is 1.74. The summed E-state index contributed by atoms with van der Waals surface area (Å²) in [7, 11) is 0. The van der Waals surface area contributed by atoms with E-state index in [9.17, 15) is 10.1 Å². The number of hydrogen-bond donors (Lipinski definition) is 2. The van der Waals surface area contributed by atoms with Crippen LogP contribution in [0.25, 0.3) is 10.9 Å². The quantitative estimate of drug-likeness (QED) is 0.879. The number of ether oxygens (including phenoxy) is 1. The smallest absolute Gasteiger partial charge is 0.393 e. The molecule has 5 heteroatoms. The Morgan fingerprint density at radius 1 is 1.35 bits per heavy atom. The summed E-state index contributed by atoms with van der Waals surface area (Å²) in [4.78, 5) is 15.2.